The second kappa shape index (κ2) is 9.03. The van der Waals surface area contributed by atoms with Gasteiger partial charge >= 0.3 is 6.61 Å². The zero-order valence-corrected chi connectivity index (χ0v) is 13.5. The van der Waals surface area contributed by atoms with Crippen LogP contribution in [0.5, 0.6) is 5.75 Å². The van der Waals surface area contributed by atoms with Gasteiger partial charge in [0, 0.05) is 23.6 Å². The van der Waals surface area contributed by atoms with Gasteiger partial charge in [-0.15, -0.1) is 0 Å². The number of halogens is 3. The van der Waals surface area contributed by atoms with Crippen molar-refractivity contribution in [3.8, 4) is 5.75 Å². The Morgan fingerprint density at radius 3 is 2.83 bits per heavy atom. The summed E-state index contributed by atoms with van der Waals surface area (Å²) in [6, 6.07) is 4.37. The molecule has 0 saturated carbocycles. The van der Waals surface area contributed by atoms with E-state index in [2.05, 4.69) is 15.4 Å². The first-order valence-electron chi connectivity index (χ1n) is 7.75. The number of amides is 1. The molecule has 0 aliphatic carbocycles. The van der Waals surface area contributed by atoms with Gasteiger partial charge in [0.15, 0.2) is 0 Å². The number of nitrogens with one attached hydrogen (secondary N) is 2. The van der Waals surface area contributed by atoms with E-state index in [1.807, 2.05) is 0 Å². The summed E-state index contributed by atoms with van der Waals surface area (Å²) in [5.41, 5.74) is 0.438. The van der Waals surface area contributed by atoms with Gasteiger partial charge in [-0.05, 0) is 56.5 Å². The number of piperidine rings is 1. The molecule has 0 unspecified atom stereocenters. The molecule has 1 aromatic carbocycles. The van der Waals surface area contributed by atoms with Gasteiger partial charge in [0.2, 0.25) is 5.91 Å². The molecule has 23 heavy (non-hydrogen) atoms. The zero-order valence-electron chi connectivity index (χ0n) is 12.8. The molecule has 1 fully saturated rings. The van der Waals surface area contributed by atoms with Crippen molar-refractivity contribution < 1.29 is 18.3 Å². The number of alkyl halides is 2. The van der Waals surface area contributed by atoms with Gasteiger partial charge in [-0.25, -0.2) is 0 Å². The first-order valence-corrected chi connectivity index (χ1v) is 8.13. The van der Waals surface area contributed by atoms with Gasteiger partial charge in [-0.2, -0.15) is 8.78 Å². The lowest BCUT2D eigenvalue weighted by Gasteiger charge is -2.22. The minimum absolute atomic E-state index is 0.0306. The van der Waals surface area contributed by atoms with Crippen LogP contribution in [0.4, 0.5) is 8.78 Å². The predicted molar refractivity (Wildman–Crippen MR) is 84.8 cm³/mol. The van der Waals surface area contributed by atoms with E-state index in [0.29, 0.717) is 22.9 Å². The maximum Gasteiger partial charge on any atom is 0.387 e. The van der Waals surface area contributed by atoms with Crippen LogP contribution in [0.25, 0.3) is 0 Å². The van der Waals surface area contributed by atoms with Gasteiger partial charge in [0.25, 0.3) is 0 Å². The minimum atomic E-state index is -2.91. The summed E-state index contributed by atoms with van der Waals surface area (Å²) < 4.78 is 29.2. The maximum absolute atomic E-state index is 12.4. The summed E-state index contributed by atoms with van der Waals surface area (Å²) in [6.07, 6.45) is 3.47. The molecule has 4 nitrogen and oxygen atoms in total. The van der Waals surface area contributed by atoms with E-state index in [0.717, 1.165) is 32.4 Å². The Balaban J connectivity index is 1.82. The molecule has 7 heteroatoms. The molecule has 1 heterocycles. The molecule has 2 N–H and O–H groups in total. The van der Waals surface area contributed by atoms with E-state index >= 15 is 0 Å². The summed E-state index contributed by atoms with van der Waals surface area (Å²) in [4.78, 5) is 11.9. The summed E-state index contributed by atoms with van der Waals surface area (Å²) >= 11 is 5.87. The first-order chi connectivity index (χ1) is 11.0. The highest BCUT2D eigenvalue weighted by molar-refractivity contribution is 6.30. The smallest absolute Gasteiger partial charge is 0.387 e. The first kappa shape index (κ1) is 17.9. The Bertz CT molecular complexity index is 523. The van der Waals surface area contributed by atoms with Crippen LogP contribution in [0.1, 0.15) is 31.2 Å². The molecule has 0 radical (unpaired) electrons. The Kier molecular flexibility index (Phi) is 7.05. The van der Waals surface area contributed by atoms with E-state index in [1.54, 1.807) is 0 Å². The third-order valence-corrected chi connectivity index (χ3v) is 4.19. The summed E-state index contributed by atoms with van der Waals surface area (Å²) in [6.45, 7) is -0.787. The van der Waals surface area contributed by atoms with Crippen molar-refractivity contribution in [1.29, 1.82) is 0 Å². The SMILES string of the molecule is O=C(CCC1CCNCC1)NCc1cc(Cl)ccc1OC(F)F. The standard InChI is InChI=1S/C16H21ClF2N2O2/c17-13-2-3-14(23-16(18)19)12(9-13)10-21-15(22)4-1-11-5-7-20-8-6-11/h2-3,9,11,16,20H,1,4-8,10H2,(H,21,22). The summed E-state index contributed by atoms with van der Waals surface area (Å²) in [7, 11) is 0. The highest BCUT2D eigenvalue weighted by Crippen LogP contribution is 2.24. The molecule has 2 rings (SSSR count). The van der Waals surface area contributed by atoms with E-state index in [-0.39, 0.29) is 18.2 Å². The predicted octanol–water partition coefficient (Wildman–Crippen LogP) is 3.34. The molecule has 128 valence electrons. The monoisotopic (exact) mass is 346 g/mol. The normalized spacial score (nSPS) is 15.7. The molecule has 1 saturated heterocycles. The van der Waals surface area contributed by atoms with E-state index in [4.69, 9.17) is 11.6 Å². The Morgan fingerprint density at radius 2 is 2.13 bits per heavy atom. The average Bonchev–Trinajstić information content (AvgIpc) is 2.53. The molecule has 0 bridgehead atoms. The zero-order chi connectivity index (χ0) is 16.7. The molecule has 0 aromatic heterocycles. The van der Waals surface area contributed by atoms with Crippen LogP contribution >= 0.6 is 11.6 Å². The van der Waals surface area contributed by atoms with Crippen LogP contribution in [0.2, 0.25) is 5.02 Å². The second-order valence-electron chi connectivity index (χ2n) is 5.64. The van der Waals surface area contributed by atoms with Crippen molar-refractivity contribution >= 4 is 17.5 Å². The quantitative estimate of drug-likeness (QED) is 0.796. The number of benzene rings is 1. The van der Waals surface area contributed by atoms with Crippen molar-refractivity contribution in [2.75, 3.05) is 13.1 Å². The van der Waals surface area contributed by atoms with Crippen LogP contribution in [-0.2, 0) is 11.3 Å². The Morgan fingerprint density at radius 1 is 1.39 bits per heavy atom. The van der Waals surface area contributed by atoms with Crippen molar-refractivity contribution in [2.24, 2.45) is 5.92 Å². The maximum atomic E-state index is 12.4. The number of carbonyl (C=O) groups is 1. The van der Waals surface area contributed by atoms with E-state index in [1.165, 1.54) is 18.2 Å². The third kappa shape index (κ3) is 6.31. The highest BCUT2D eigenvalue weighted by atomic mass is 35.5. The van der Waals surface area contributed by atoms with Crippen LogP contribution in [0.15, 0.2) is 18.2 Å². The minimum Gasteiger partial charge on any atom is -0.434 e. The van der Waals surface area contributed by atoms with Crippen molar-refractivity contribution in [2.45, 2.75) is 38.8 Å². The average molecular weight is 347 g/mol. The van der Waals surface area contributed by atoms with Crippen LogP contribution in [-0.4, -0.2) is 25.6 Å². The molecule has 1 aliphatic heterocycles. The van der Waals surface area contributed by atoms with E-state index < -0.39 is 6.61 Å². The van der Waals surface area contributed by atoms with Gasteiger partial charge in [0.1, 0.15) is 5.75 Å². The molecular formula is C16H21ClF2N2O2. The van der Waals surface area contributed by atoms with Crippen molar-refractivity contribution in [3.63, 3.8) is 0 Å². The summed E-state index contributed by atoms with van der Waals surface area (Å²) in [5.74, 6) is 0.514. The Labute approximate surface area is 139 Å². The molecule has 1 aromatic rings. The molecular weight excluding hydrogens is 326 g/mol. The highest BCUT2D eigenvalue weighted by Gasteiger charge is 2.15. The third-order valence-electron chi connectivity index (χ3n) is 3.95. The molecule has 0 atom stereocenters. The van der Waals surface area contributed by atoms with Gasteiger partial charge in [-0.1, -0.05) is 11.6 Å². The topological polar surface area (TPSA) is 50.4 Å². The fourth-order valence-corrected chi connectivity index (χ4v) is 2.88. The van der Waals surface area contributed by atoms with Gasteiger partial charge in [-0.3, -0.25) is 4.79 Å². The van der Waals surface area contributed by atoms with Crippen molar-refractivity contribution in [1.82, 2.24) is 10.6 Å². The van der Waals surface area contributed by atoms with Gasteiger partial charge < -0.3 is 15.4 Å². The number of ether oxygens (including phenoxy) is 1. The molecule has 1 aliphatic rings. The fourth-order valence-electron chi connectivity index (χ4n) is 2.68. The number of hydrogen-bond acceptors (Lipinski definition) is 3. The molecule has 1 amide bonds. The van der Waals surface area contributed by atoms with Crippen LogP contribution in [0.3, 0.4) is 0 Å². The molecule has 0 spiro atoms. The van der Waals surface area contributed by atoms with Crippen LogP contribution < -0.4 is 15.4 Å². The Hall–Kier alpha value is -1.40. The lowest BCUT2D eigenvalue weighted by Crippen LogP contribution is -2.29. The summed E-state index contributed by atoms with van der Waals surface area (Å²) in [5, 5.41) is 6.44. The number of rotatable bonds is 7. The second-order valence-corrected chi connectivity index (χ2v) is 6.08. The lowest BCUT2D eigenvalue weighted by molar-refractivity contribution is -0.121. The lowest BCUT2D eigenvalue weighted by atomic mass is 9.93. The number of hydrogen-bond donors (Lipinski definition) is 2. The number of carbonyl (C=O) groups excluding carboxylic acids is 1. The van der Waals surface area contributed by atoms with Gasteiger partial charge in [0.05, 0.1) is 0 Å². The van der Waals surface area contributed by atoms with Crippen LogP contribution in [0, 0.1) is 5.92 Å². The van der Waals surface area contributed by atoms with E-state index in [9.17, 15) is 13.6 Å². The fraction of sp³-hybridized carbons (Fsp3) is 0.562. The largest absolute Gasteiger partial charge is 0.434 e. The van der Waals surface area contributed by atoms with Crippen molar-refractivity contribution in [3.05, 3.63) is 28.8 Å².